The lowest BCUT2D eigenvalue weighted by Crippen LogP contribution is -2.40. The fourth-order valence-electron chi connectivity index (χ4n) is 7.03. The van der Waals surface area contributed by atoms with E-state index < -0.39 is 0 Å². The fraction of sp³-hybridized carbons (Fsp3) is 1.00. The Labute approximate surface area is 204 Å². The van der Waals surface area contributed by atoms with Crippen molar-refractivity contribution >= 4 is 0 Å². The van der Waals surface area contributed by atoms with Crippen LogP contribution in [0.3, 0.4) is 0 Å². The summed E-state index contributed by atoms with van der Waals surface area (Å²) in [5.41, 5.74) is 0. The van der Waals surface area contributed by atoms with Gasteiger partial charge >= 0.3 is 0 Å². The SMILES string of the molecule is C.C.CC(C)N1CCC(C2CCCCC2)CC1.CC(C)N1CCC(C2CCCCC2)CC1. The molecule has 2 saturated carbocycles. The van der Waals surface area contributed by atoms with E-state index in [1.54, 1.807) is 0 Å². The van der Waals surface area contributed by atoms with Crippen LogP contribution < -0.4 is 0 Å². The largest absolute Gasteiger partial charge is 0.301 e. The molecule has 2 aliphatic heterocycles. The monoisotopic (exact) mass is 450 g/mol. The van der Waals surface area contributed by atoms with E-state index in [0.29, 0.717) is 0 Å². The molecule has 0 atom stereocenters. The number of piperidine rings is 2. The van der Waals surface area contributed by atoms with Crippen molar-refractivity contribution in [1.82, 2.24) is 9.80 Å². The molecule has 0 spiro atoms. The van der Waals surface area contributed by atoms with Crippen LogP contribution in [0.1, 0.15) is 132 Å². The summed E-state index contributed by atoms with van der Waals surface area (Å²) in [7, 11) is 0. The molecule has 0 unspecified atom stereocenters. The van der Waals surface area contributed by atoms with Crippen molar-refractivity contribution in [2.75, 3.05) is 26.2 Å². The first-order valence-electron chi connectivity index (χ1n) is 14.0. The molecule has 2 saturated heterocycles. The van der Waals surface area contributed by atoms with Crippen LogP contribution in [-0.4, -0.2) is 48.1 Å². The molecule has 32 heavy (non-hydrogen) atoms. The van der Waals surface area contributed by atoms with Crippen LogP contribution in [0.25, 0.3) is 0 Å². The number of likely N-dealkylation sites (tertiary alicyclic amines) is 2. The highest BCUT2D eigenvalue weighted by Gasteiger charge is 2.29. The predicted molar refractivity (Wildman–Crippen MR) is 145 cm³/mol. The van der Waals surface area contributed by atoms with E-state index in [2.05, 4.69) is 37.5 Å². The van der Waals surface area contributed by atoms with Gasteiger partial charge in [-0.25, -0.2) is 0 Å². The van der Waals surface area contributed by atoms with Gasteiger partial charge in [0.15, 0.2) is 0 Å². The minimum Gasteiger partial charge on any atom is -0.301 e. The molecule has 4 rings (SSSR count). The van der Waals surface area contributed by atoms with E-state index in [9.17, 15) is 0 Å². The Morgan fingerprint density at radius 1 is 0.406 bits per heavy atom. The standard InChI is InChI=1S/2C14H27N.2CH4/c2*1-12(2)15-10-8-14(9-11-15)13-6-4-3-5-7-13;;/h2*12-14H,3-11H2,1-2H3;2*1H4. The van der Waals surface area contributed by atoms with Gasteiger partial charge in [-0.2, -0.15) is 0 Å². The summed E-state index contributed by atoms with van der Waals surface area (Å²) in [6, 6.07) is 1.52. The van der Waals surface area contributed by atoms with E-state index in [1.807, 2.05) is 0 Å². The molecule has 0 aromatic rings. The van der Waals surface area contributed by atoms with Crippen LogP contribution in [-0.2, 0) is 0 Å². The molecule has 2 aliphatic carbocycles. The number of hydrogen-bond acceptors (Lipinski definition) is 2. The Bertz CT molecular complexity index is 390. The summed E-state index contributed by atoms with van der Waals surface area (Å²) in [4.78, 5) is 5.30. The molecule has 2 nitrogen and oxygen atoms in total. The Kier molecular flexibility index (Phi) is 14.7. The number of nitrogens with zero attached hydrogens (tertiary/aromatic N) is 2. The number of hydrogen-bond donors (Lipinski definition) is 0. The van der Waals surface area contributed by atoms with Gasteiger partial charge in [-0.1, -0.05) is 79.1 Å². The Morgan fingerprint density at radius 3 is 0.906 bits per heavy atom. The van der Waals surface area contributed by atoms with Crippen molar-refractivity contribution < 1.29 is 0 Å². The van der Waals surface area contributed by atoms with Gasteiger partial charge in [-0.05, 0) is 103 Å². The van der Waals surface area contributed by atoms with Crippen molar-refractivity contribution in [3.8, 4) is 0 Å². The molecular weight excluding hydrogens is 388 g/mol. The van der Waals surface area contributed by atoms with E-state index >= 15 is 0 Å². The second-order valence-electron chi connectivity index (χ2n) is 11.7. The van der Waals surface area contributed by atoms with E-state index in [0.717, 1.165) is 35.8 Å². The molecule has 0 aromatic heterocycles. The van der Waals surface area contributed by atoms with Crippen LogP contribution in [0.4, 0.5) is 0 Å². The van der Waals surface area contributed by atoms with E-state index in [4.69, 9.17) is 0 Å². The molecule has 0 aromatic carbocycles. The third kappa shape index (κ3) is 9.28. The zero-order chi connectivity index (χ0) is 21.3. The van der Waals surface area contributed by atoms with E-state index in [1.165, 1.54) is 116 Å². The van der Waals surface area contributed by atoms with Gasteiger partial charge in [-0.15, -0.1) is 0 Å². The first-order chi connectivity index (χ1) is 14.5. The summed E-state index contributed by atoms with van der Waals surface area (Å²) in [5.74, 6) is 4.32. The zero-order valence-corrected chi connectivity index (χ0v) is 21.1. The molecular formula is C30H62N2. The minimum absolute atomic E-state index is 0. The summed E-state index contributed by atoms with van der Waals surface area (Å²) < 4.78 is 0. The molecule has 0 bridgehead atoms. The van der Waals surface area contributed by atoms with Gasteiger partial charge in [0.05, 0.1) is 0 Å². The normalized spacial score (nSPS) is 25.7. The highest BCUT2D eigenvalue weighted by molar-refractivity contribution is 4.82. The van der Waals surface area contributed by atoms with Crippen molar-refractivity contribution in [1.29, 1.82) is 0 Å². The van der Waals surface area contributed by atoms with Gasteiger partial charge in [0.25, 0.3) is 0 Å². The third-order valence-corrected chi connectivity index (χ3v) is 9.24. The second kappa shape index (κ2) is 15.8. The maximum atomic E-state index is 2.65. The lowest BCUT2D eigenvalue weighted by atomic mass is 9.76. The maximum absolute atomic E-state index is 2.65. The summed E-state index contributed by atoms with van der Waals surface area (Å²) in [5, 5.41) is 0. The lowest BCUT2D eigenvalue weighted by molar-refractivity contribution is 0.106. The zero-order valence-electron chi connectivity index (χ0n) is 21.1. The van der Waals surface area contributed by atoms with Crippen molar-refractivity contribution in [3.05, 3.63) is 0 Å². The summed E-state index contributed by atoms with van der Waals surface area (Å²) in [6.45, 7) is 14.8. The van der Waals surface area contributed by atoms with Gasteiger partial charge in [0, 0.05) is 12.1 Å². The van der Waals surface area contributed by atoms with Gasteiger partial charge in [0.1, 0.15) is 0 Å². The fourth-order valence-corrected chi connectivity index (χ4v) is 7.03. The first kappa shape index (κ1) is 30.0. The lowest BCUT2D eigenvalue weighted by Gasteiger charge is -2.39. The average Bonchev–Trinajstić information content (AvgIpc) is 2.81. The highest BCUT2D eigenvalue weighted by Crippen LogP contribution is 2.36. The summed E-state index contributed by atoms with van der Waals surface area (Å²) >= 11 is 0. The van der Waals surface area contributed by atoms with E-state index in [-0.39, 0.29) is 14.9 Å². The Hall–Kier alpha value is -0.0800. The molecule has 192 valence electrons. The van der Waals surface area contributed by atoms with Gasteiger partial charge in [-0.3, -0.25) is 0 Å². The van der Waals surface area contributed by atoms with Crippen molar-refractivity contribution in [2.24, 2.45) is 23.7 Å². The van der Waals surface area contributed by atoms with Crippen LogP contribution in [0.5, 0.6) is 0 Å². The van der Waals surface area contributed by atoms with Crippen LogP contribution >= 0.6 is 0 Å². The average molecular weight is 451 g/mol. The van der Waals surface area contributed by atoms with Crippen LogP contribution in [0.15, 0.2) is 0 Å². The quantitative estimate of drug-likeness (QED) is 0.423. The molecule has 2 heterocycles. The van der Waals surface area contributed by atoms with Gasteiger partial charge < -0.3 is 9.80 Å². The Balaban J connectivity index is 0.000000301. The molecule has 2 heteroatoms. The molecule has 0 radical (unpaired) electrons. The second-order valence-corrected chi connectivity index (χ2v) is 11.7. The number of rotatable bonds is 4. The van der Waals surface area contributed by atoms with Crippen molar-refractivity contribution in [2.45, 2.75) is 145 Å². The minimum atomic E-state index is 0. The maximum Gasteiger partial charge on any atom is 0.00385 e. The third-order valence-electron chi connectivity index (χ3n) is 9.24. The summed E-state index contributed by atoms with van der Waals surface area (Å²) in [6.07, 6.45) is 21.1. The smallest absolute Gasteiger partial charge is 0.00385 e. The topological polar surface area (TPSA) is 6.48 Å². The van der Waals surface area contributed by atoms with Crippen LogP contribution in [0.2, 0.25) is 0 Å². The molecule has 4 aliphatic rings. The molecule has 0 amide bonds. The Morgan fingerprint density at radius 2 is 0.656 bits per heavy atom. The molecule has 4 fully saturated rings. The molecule has 0 N–H and O–H groups in total. The van der Waals surface area contributed by atoms with Gasteiger partial charge in [0.2, 0.25) is 0 Å². The van der Waals surface area contributed by atoms with Crippen LogP contribution in [0, 0.1) is 23.7 Å². The van der Waals surface area contributed by atoms with Crippen molar-refractivity contribution in [3.63, 3.8) is 0 Å². The predicted octanol–water partition coefficient (Wildman–Crippen LogP) is 8.65. The highest BCUT2D eigenvalue weighted by atomic mass is 15.2. The first-order valence-corrected chi connectivity index (χ1v) is 14.0.